The summed E-state index contributed by atoms with van der Waals surface area (Å²) in [6.45, 7) is -0.527. The van der Waals surface area contributed by atoms with Crippen molar-refractivity contribution in [2.75, 3.05) is 19.7 Å². The monoisotopic (exact) mass is 439 g/mol. The molecule has 1 fully saturated rings. The number of pyridine rings is 1. The zero-order valence-corrected chi connectivity index (χ0v) is 16.7. The van der Waals surface area contributed by atoms with Crippen molar-refractivity contribution in [1.29, 1.82) is 0 Å². The van der Waals surface area contributed by atoms with Crippen molar-refractivity contribution >= 4 is 35.0 Å². The van der Waals surface area contributed by atoms with Gasteiger partial charge in [0.05, 0.1) is 23.7 Å². The van der Waals surface area contributed by atoms with Crippen molar-refractivity contribution in [2.45, 2.75) is 17.8 Å². The summed E-state index contributed by atoms with van der Waals surface area (Å²) >= 11 is 11.9. The molecule has 4 N–H and O–H groups in total. The van der Waals surface area contributed by atoms with Gasteiger partial charge in [0, 0.05) is 18.3 Å². The number of carbonyl (C=O) groups is 2. The third-order valence-electron chi connectivity index (χ3n) is 4.59. The Morgan fingerprint density at radius 1 is 1.17 bits per heavy atom. The van der Waals surface area contributed by atoms with Crippen LogP contribution >= 0.6 is 23.2 Å². The van der Waals surface area contributed by atoms with Gasteiger partial charge in [-0.25, -0.2) is 4.98 Å². The number of hydrogen-bond acceptors (Lipinski definition) is 6. The van der Waals surface area contributed by atoms with Crippen LogP contribution in [-0.2, 0) is 4.74 Å². The second kappa shape index (κ2) is 9.06. The standard InChI is InChI=1S/C19H19Cl2N3O5/c20-12-6-7-22-16(21)14(12)18(27)23-8-13-15(25)19(28,10-29-13)9-24-17(26)11-4-2-1-3-5-11/h1-7,13,15,25,28H,8-10H2,(H,23,27)(H,24,26)/t13-,15-,19+/m1/s1. The second-order valence-corrected chi connectivity index (χ2v) is 7.38. The number of ether oxygens (including phenoxy) is 1. The molecule has 2 amide bonds. The summed E-state index contributed by atoms with van der Waals surface area (Å²) in [5.41, 5.74) is -1.25. The van der Waals surface area contributed by atoms with Crippen LogP contribution in [0.1, 0.15) is 20.7 Å². The van der Waals surface area contributed by atoms with Crippen molar-refractivity contribution < 1.29 is 24.5 Å². The summed E-state index contributed by atoms with van der Waals surface area (Å²) in [5.74, 6) is -0.972. The van der Waals surface area contributed by atoms with Crippen LogP contribution in [0.5, 0.6) is 0 Å². The van der Waals surface area contributed by atoms with Gasteiger partial charge in [0.25, 0.3) is 11.8 Å². The maximum Gasteiger partial charge on any atom is 0.256 e. The Hall–Kier alpha value is -2.23. The molecule has 1 aromatic carbocycles. The fourth-order valence-corrected chi connectivity index (χ4v) is 3.45. The normalized spacial score (nSPS) is 23.6. The molecule has 0 bridgehead atoms. The van der Waals surface area contributed by atoms with Crippen LogP contribution in [0.3, 0.4) is 0 Å². The van der Waals surface area contributed by atoms with Gasteiger partial charge in [-0.2, -0.15) is 0 Å². The van der Waals surface area contributed by atoms with E-state index in [2.05, 4.69) is 15.6 Å². The lowest BCUT2D eigenvalue weighted by Crippen LogP contribution is -2.53. The predicted octanol–water partition coefficient (Wildman–Crippen LogP) is 1.04. The van der Waals surface area contributed by atoms with Crippen molar-refractivity contribution in [3.05, 3.63) is 63.9 Å². The average molecular weight is 440 g/mol. The molecule has 10 heteroatoms. The van der Waals surface area contributed by atoms with Gasteiger partial charge < -0.3 is 25.6 Å². The van der Waals surface area contributed by atoms with E-state index in [1.807, 2.05) is 0 Å². The van der Waals surface area contributed by atoms with Crippen molar-refractivity contribution in [3.8, 4) is 0 Å². The van der Waals surface area contributed by atoms with Crippen LogP contribution in [0.2, 0.25) is 10.2 Å². The Balaban J connectivity index is 1.55. The molecule has 1 aliphatic heterocycles. The summed E-state index contributed by atoms with van der Waals surface area (Å²) in [7, 11) is 0. The molecule has 0 aliphatic carbocycles. The lowest BCUT2D eigenvalue weighted by molar-refractivity contribution is -0.0464. The number of aliphatic hydroxyl groups is 2. The first-order chi connectivity index (χ1) is 13.8. The maximum absolute atomic E-state index is 12.3. The molecule has 154 valence electrons. The minimum absolute atomic E-state index is 0.00806. The first-order valence-corrected chi connectivity index (χ1v) is 9.51. The molecule has 2 heterocycles. The number of rotatable bonds is 6. The average Bonchev–Trinajstić information content (AvgIpc) is 3.00. The summed E-state index contributed by atoms with van der Waals surface area (Å²) < 4.78 is 5.42. The van der Waals surface area contributed by atoms with Gasteiger partial charge in [-0.05, 0) is 18.2 Å². The fraction of sp³-hybridized carbons (Fsp3) is 0.316. The third-order valence-corrected chi connectivity index (χ3v) is 5.19. The first kappa shape index (κ1) is 21.5. The topological polar surface area (TPSA) is 121 Å². The number of nitrogens with zero attached hydrogens (tertiary/aromatic N) is 1. The van der Waals surface area contributed by atoms with Crippen LogP contribution in [0, 0.1) is 0 Å². The molecule has 29 heavy (non-hydrogen) atoms. The van der Waals surface area contributed by atoms with Crippen molar-refractivity contribution in [2.24, 2.45) is 0 Å². The van der Waals surface area contributed by atoms with E-state index in [1.54, 1.807) is 30.3 Å². The van der Waals surface area contributed by atoms with Crippen molar-refractivity contribution in [3.63, 3.8) is 0 Å². The zero-order valence-electron chi connectivity index (χ0n) is 15.1. The number of halogens is 2. The molecular formula is C19H19Cl2N3O5. The first-order valence-electron chi connectivity index (χ1n) is 8.75. The molecule has 8 nitrogen and oxygen atoms in total. The summed E-state index contributed by atoms with van der Waals surface area (Å²) in [4.78, 5) is 28.2. The smallest absolute Gasteiger partial charge is 0.256 e. The Morgan fingerprint density at radius 2 is 1.90 bits per heavy atom. The molecule has 3 rings (SSSR count). The molecule has 0 spiro atoms. The van der Waals surface area contributed by atoms with Crippen LogP contribution in [-0.4, -0.2) is 64.5 Å². The van der Waals surface area contributed by atoms with Gasteiger partial charge in [0.15, 0.2) is 0 Å². The summed E-state index contributed by atoms with van der Waals surface area (Å²) in [5, 5.41) is 26.3. The van der Waals surface area contributed by atoms with E-state index in [9.17, 15) is 19.8 Å². The van der Waals surface area contributed by atoms with Gasteiger partial charge in [-0.3, -0.25) is 9.59 Å². The van der Waals surface area contributed by atoms with Gasteiger partial charge in [0.1, 0.15) is 23.0 Å². The van der Waals surface area contributed by atoms with Crippen LogP contribution in [0.4, 0.5) is 0 Å². The molecule has 1 saturated heterocycles. The highest BCUT2D eigenvalue weighted by Crippen LogP contribution is 2.25. The third kappa shape index (κ3) is 4.85. The van der Waals surface area contributed by atoms with Crippen molar-refractivity contribution in [1.82, 2.24) is 15.6 Å². The van der Waals surface area contributed by atoms with Crippen LogP contribution in [0.25, 0.3) is 0 Å². The number of amides is 2. The zero-order chi connectivity index (χ0) is 21.0. The lowest BCUT2D eigenvalue weighted by atomic mass is 9.96. The molecule has 0 unspecified atom stereocenters. The predicted molar refractivity (Wildman–Crippen MR) is 106 cm³/mol. The number of benzene rings is 1. The minimum atomic E-state index is -1.69. The molecular weight excluding hydrogens is 421 g/mol. The summed E-state index contributed by atoms with van der Waals surface area (Å²) in [6.07, 6.45) is -0.847. The van der Waals surface area contributed by atoms with Gasteiger partial charge in [0.2, 0.25) is 0 Å². The number of carbonyl (C=O) groups excluding carboxylic acids is 2. The molecule has 2 aromatic rings. The molecule has 1 aliphatic rings. The number of aliphatic hydroxyl groups excluding tert-OH is 1. The Bertz CT molecular complexity index is 878. The quantitative estimate of drug-likeness (QED) is 0.499. The second-order valence-electron chi connectivity index (χ2n) is 6.62. The maximum atomic E-state index is 12.3. The highest BCUT2D eigenvalue weighted by Gasteiger charge is 2.48. The molecule has 1 aromatic heterocycles. The summed E-state index contributed by atoms with van der Waals surface area (Å²) in [6, 6.07) is 9.91. The van der Waals surface area contributed by atoms with Crippen LogP contribution < -0.4 is 10.6 Å². The Labute approximate surface area is 176 Å². The number of aromatic nitrogens is 1. The number of nitrogens with one attached hydrogen (secondary N) is 2. The molecule has 0 radical (unpaired) electrons. The molecule has 0 saturated carbocycles. The van der Waals surface area contributed by atoms with E-state index in [0.717, 1.165) is 0 Å². The fourth-order valence-electron chi connectivity index (χ4n) is 2.92. The van der Waals surface area contributed by atoms with Gasteiger partial charge in [-0.1, -0.05) is 41.4 Å². The van der Waals surface area contributed by atoms with Gasteiger partial charge >= 0.3 is 0 Å². The lowest BCUT2D eigenvalue weighted by Gasteiger charge is -2.26. The SMILES string of the molecule is O=C(NC[C@]1(O)CO[C@H](CNC(=O)c2c(Cl)ccnc2Cl)[C@H]1O)c1ccccc1. The van der Waals surface area contributed by atoms with Crippen LogP contribution in [0.15, 0.2) is 42.6 Å². The van der Waals surface area contributed by atoms with E-state index in [1.165, 1.54) is 12.3 Å². The Kier molecular flexibility index (Phi) is 6.71. The highest BCUT2D eigenvalue weighted by atomic mass is 35.5. The van der Waals surface area contributed by atoms with Gasteiger partial charge in [-0.15, -0.1) is 0 Å². The largest absolute Gasteiger partial charge is 0.387 e. The van der Waals surface area contributed by atoms with E-state index in [4.69, 9.17) is 27.9 Å². The highest BCUT2D eigenvalue weighted by molar-refractivity contribution is 6.38. The van der Waals surface area contributed by atoms with E-state index in [-0.39, 0.29) is 41.3 Å². The van der Waals surface area contributed by atoms with E-state index < -0.39 is 23.7 Å². The minimum Gasteiger partial charge on any atom is -0.387 e. The number of hydrogen-bond donors (Lipinski definition) is 4. The Morgan fingerprint density at radius 3 is 2.59 bits per heavy atom. The van der Waals surface area contributed by atoms with E-state index >= 15 is 0 Å². The molecule has 3 atom stereocenters. The van der Waals surface area contributed by atoms with E-state index in [0.29, 0.717) is 5.56 Å².